The molecule has 2 N–H and O–H groups in total. The molecule has 1 aliphatic heterocycles. The summed E-state index contributed by atoms with van der Waals surface area (Å²) in [5.74, 6) is -0.608. The summed E-state index contributed by atoms with van der Waals surface area (Å²) in [6.45, 7) is 2.33. The van der Waals surface area contributed by atoms with Gasteiger partial charge in [-0.25, -0.2) is 0 Å². The largest absolute Gasteiger partial charge is 0.396 e. The first-order chi connectivity index (χ1) is 10.6. The van der Waals surface area contributed by atoms with E-state index in [4.69, 9.17) is 16.7 Å². The highest BCUT2D eigenvalue weighted by atomic mass is 35.5. The molecule has 0 saturated carbocycles. The van der Waals surface area contributed by atoms with E-state index in [-0.39, 0.29) is 36.8 Å². The number of aliphatic hydroxyl groups excluding tert-OH is 1. The highest BCUT2D eigenvalue weighted by molar-refractivity contribution is 6.33. The molecular weight excluding hydrogens is 304 g/mol. The molecule has 5 nitrogen and oxygen atoms in total. The van der Waals surface area contributed by atoms with E-state index in [2.05, 4.69) is 5.32 Å². The van der Waals surface area contributed by atoms with Crippen LogP contribution in [0.15, 0.2) is 24.3 Å². The lowest BCUT2D eigenvalue weighted by Crippen LogP contribution is -2.40. The minimum atomic E-state index is -0.378. The Labute approximate surface area is 135 Å². The Bertz CT molecular complexity index is 550. The summed E-state index contributed by atoms with van der Waals surface area (Å²) in [6, 6.07) is 7.07. The number of aliphatic hydroxyl groups is 1. The normalized spacial score (nSPS) is 19.3. The summed E-state index contributed by atoms with van der Waals surface area (Å²) in [5, 5.41) is 12.4. The highest BCUT2D eigenvalue weighted by Crippen LogP contribution is 2.31. The Kier molecular flexibility index (Phi) is 5.80. The number of para-hydroxylation sites is 1. The smallest absolute Gasteiger partial charge is 0.227 e. The zero-order chi connectivity index (χ0) is 16.1. The van der Waals surface area contributed by atoms with Crippen LogP contribution in [0.1, 0.15) is 26.2 Å². The van der Waals surface area contributed by atoms with Gasteiger partial charge in [0.05, 0.1) is 16.6 Å². The van der Waals surface area contributed by atoms with Crippen LogP contribution in [-0.4, -0.2) is 36.1 Å². The first-order valence-electron chi connectivity index (χ1n) is 7.53. The maximum atomic E-state index is 12.3. The van der Waals surface area contributed by atoms with Crippen molar-refractivity contribution in [3.05, 3.63) is 29.3 Å². The van der Waals surface area contributed by atoms with Gasteiger partial charge in [-0.2, -0.15) is 0 Å². The van der Waals surface area contributed by atoms with E-state index >= 15 is 0 Å². The molecule has 120 valence electrons. The van der Waals surface area contributed by atoms with E-state index in [1.807, 2.05) is 13.0 Å². The summed E-state index contributed by atoms with van der Waals surface area (Å²) >= 11 is 6.12. The topological polar surface area (TPSA) is 69.6 Å². The maximum absolute atomic E-state index is 12.3. The molecule has 1 aliphatic rings. The van der Waals surface area contributed by atoms with Gasteiger partial charge in [-0.1, -0.05) is 30.7 Å². The number of carbonyl (C=O) groups excluding carboxylic acids is 2. The van der Waals surface area contributed by atoms with Crippen molar-refractivity contribution in [2.45, 2.75) is 32.2 Å². The fraction of sp³-hybridized carbons (Fsp3) is 0.500. The summed E-state index contributed by atoms with van der Waals surface area (Å²) < 4.78 is 0. The van der Waals surface area contributed by atoms with Crippen molar-refractivity contribution in [3.63, 3.8) is 0 Å². The fourth-order valence-electron chi connectivity index (χ4n) is 2.64. The third kappa shape index (κ3) is 3.78. The van der Waals surface area contributed by atoms with Gasteiger partial charge >= 0.3 is 0 Å². The van der Waals surface area contributed by atoms with E-state index in [0.717, 1.165) is 6.42 Å². The molecule has 1 aromatic rings. The third-order valence-corrected chi connectivity index (χ3v) is 4.28. The molecule has 0 radical (unpaired) electrons. The number of hydrogen-bond acceptors (Lipinski definition) is 3. The first-order valence-corrected chi connectivity index (χ1v) is 7.90. The first kappa shape index (κ1) is 16.8. The minimum Gasteiger partial charge on any atom is -0.396 e. The standard InChI is InChI=1S/C16H21ClN2O3/c1-2-12(7-8-20)18-16(22)11-9-15(21)19(10-11)14-6-4-3-5-13(14)17/h3-6,11-12,20H,2,7-10H2,1H3,(H,18,22). The van der Waals surface area contributed by atoms with Crippen molar-refractivity contribution in [2.75, 3.05) is 18.1 Å². The van der Waals surface area contributed by atoms with Crippen LogP contribution in [0.3, 0.4) is 0 Å². The van der Waals surface area contributed by atoms with Crippen LogP contribution >= 0.6 is 11.6 Å². The third-order valence-electron chi connectivity index (χ3n) is 3.96. The summed E-state index contributed by atoms with van der Waals surface area (Å²) in [5.41, 5.74) is 0.645. The number of nitrogens with one attached hydrogen (secondary N) is 1. The van der Waals surface area contributed by atoms with Crippen molar-refractivity contribution in [3.8, 4) is 0 Å². The second-order valence-electron chi connectivity index (χ2n) is 5.48. The number of amides is 2. The molecule has 2 amide bonds. The molecule has 2 rings (SSSR count). The maximum Gasteiger partial charge on any atom is 0.227 e. The van der Waals surface area contributed by atoms with Crippen molar-refractivity contribution < 1.29 is 14.7 Å². The number of rotatable bonds is 6. The molecule has 0 spiro atoms. The lowest BCUT2D eigenvalue weighted by atomic mass is 10.1. The van der Waals surface area contributed by atoms with E-state index in [1.165, 1.54) is 0 Å². The van der Waals surface area contributed by atoms with Crippen molar-refractivity contribution >= 4 is 29.1 Å². The van der Waals surface area contributed by atoms with Crippen LogP contribution in [0.25, 0.3) is 0 Å². The van der Waals surface area contributed by atoms with Gasteiger partial charge in [-0.3, -0.25) is 9.59 Å². The van der Waals surface area contributed by atoms with Crippen LogP contribution in [0, 0.1) is 5.92 Å². The zero-order valence-corrected chi connectivity index (χ0v) is 13.3. The summed E-state index contributed by atoms with van der Waals surface area (Å²) in [4.78, 5) is 26.0. The van der Waals surface area contributed by atoms with Crippen LogP contribution in [-0.2, 0) is 9.59 Å². The quantitative estimate of drug-likeness (QED) is 0.840. The van der Waals surface area contributed by atoms with E-state index in [9.17, 15) is 9.59 Å². The predicted molar refractivity (Wildman–Crippen MR) is 85.8 cm³/mol. The van der Waals surface area contributed by atoms with Gasteiger partial charge in [-0.05, 0) is 25.0 Å². The van der Waals surface area contributed by atoms with Gasteiger partial charge in [0.2, 0.25) is 11.8 Å². The summed E-state index contributed by atoms with van der Waals surface area (Å²) in [7, 11) is 0. The molecule has 22 heavy (non-hydrogen) atoms. The minimum absolute atomic E-state index is 0.0358. The van der Waals surface area contributed by atoms with E-state index in [0.29, 0.717) is 23.7 Å². The van der Waals surface area contributed by atoms with Crippen LogP contribution in [0.4, 0.5) is 5.69 Å². The van der Waals surface area contributed by atoms with Gasteiger partial charge in [0.15, 0.2) is 0 Å². The number of benzene rings is 1. The number of halogens is 1. The Balaban J connectivity index is 2.03. The van der Waals surface area contributed by atoms with Crippen molar-refractivity contribution in [1.82, 2.24) is 5.32 Å². The molecule has 0 aliphatic carbocycles. The predicted octanol–water partition coefficient (Wildman–Crippen LogP) is 1.97. The van der Waals surface area contributed by atoms with Crippen LogP contribution in [0.2, 0.25) is 5.02 Å². The Morgan fingerprint density at radius 3 is 2.86 bits per heavy atom. The van der Waals surface area contributed by atoms with Gasteiger partial charge in [0, 0.05) is 25.6 Å². The van der Waals surface area contributed by atoms with E-state index in [1.54, 1.807) is 23.1 Å². The van der Waals surface area contributed by atoms with Gasteiger partial charge in [0.1, 0.15) is 0 Å². The Morgan fingerprint density at radius 2 is 2.23 bits per heavy atom. The highest BCUT2D eigenvalue weighted by Gasteiger charge is 2.36. The SMILES string of the molecule is CCC(CCO)NC(=O)C1CC(=O)N(c2ccccc2Cl)C1. The van der Waals surface area contributed by atoms with E-state index < -0.39 is 0 Å². The molecule has 2 atom stereocenters. The molecule has 6 heteroatoms. The number of nitrogens with zero attached hydrogens (tertiary/aromatic N) is 1. The molecule has 0 aromatic heterocycles. The Morgan fingerprint density at radius 1 is 1.50 bits per heavy atom. The lowest BCUT2D eigenvalue weighted by Gasteiger charge is -2.20. The van der Waals surface area contributed by atoms with Gasteiger partial charge < -0.3 is 15.3 Å². The Hall–Kier alpha value is -1.59. The van der Waals surface area contributed by atoms with Gasteiger partial charge in [0.25, 0.3) is 0 Å². The average Bonchev–Trinajstić information content (AvgIpc) is 2.89. The number of carbonyl (C=O) groups is 2. The molecule has 1 saturated heterocycles. The van der Waals surface area contributed by atoms with Crippen LogP contribution in [0.5, 0.6) is 0 Å². The van der Waals surface area contributed by atoms with Gasteiger partial charge in [-0.15, -0.1) is 0 Å². The second-order valence-corrected chi connectivity index (χ2v) is 5.89. The number of anilines is 1. The van der Waals surface area contributed by atoms with Crippen molar-refractivity contribution in [2.24, 2.45) is 5.92 Å². The fourth-order valence-corrected chi connectivity index (χ4v) is 2.88. The second kappa shape index (κ2) is 7.61. The molecule has 1 aromatic carbocycles. The molecule has 1 fully saturated rings. The molecule has 2 unspecified atom stereocenters. The lowest BCUT2D eigenvalue weighted by molar-refractivity contribution is -0.127. The molecular formula is C16H21ClN2O3. The van der Waals surface area contributed by atoms with Crippen molar-refractivity contribution in [1.29, 1.82) is 0 Å². The average molecular weight is 325 g/mol. The molecule has 1 heterocycles. The molecule has 0 bridgehead atoms. The zero-order valence-electron chi connectivity index (χ0n) is 12.6. The monoisotopic (exact) mass is 324 g/mol. The van der Waals surface area contributed by atoms with Crippen LogP contribution < -0.4 is 10.2 Å². The summed E-state index contributed by atoms with van der Waals surface area (Å²) in [6.07, 6.45) is 1.46. The number of hydrogen-bond donors (Lipinski definition) is 2.